The van der Waals surface area contributed by atoms with Gasteiger partial charge in [0.05, 0.1) is 32.0 Å². The number of ether oxygens (including phenoxy) is 2. The molecule has 40 heavy (non-hydrogen) atoms. The van der Waals surface area contributed by atoms with E-state index in [-0.39, 0.29) is 52.9 Å². The molecule has 1 aliphatic heterocycles. The number of primary sulfonamides is 1. The molecule has 0 saturated carbocycles. The van der Waals surface area contributed by atoms with Gasteiger partial charge in [-0.1, -0.05) is 18.2 Å². The molecule has 0 atom stereocenters. The van der Waals surface area contributed by atoms with Crippen molar-refractivity contribution in [3.63, 3.8) is 0 Å². The maximum absolute atomic E-state index is 14.1. The van der Waals surface area contributed by atoms with E-state index in [1.165, 1.54) is 19.1 Å². The molecule has 0 spiro atoms. The molecule has 1 fully saturated rings. The van der Waals surface area contributed by atoms with E-state index in [9.17, 15) is 13.2 Å². The maximum Gasteiger partial charge on any atom is 0.245 e. The number of sulfonamides is 1. The third kappa shape index (κ3) is 5.45. The van der Waals surface area contributed by atoms with Crippen LogP contribution in [0.2, 0.25) is 0 Å². The zero-order chi connectivity index (χ0) is 27.9. The predicted octanol–water partition coefficient (Wildman–Crippen LogP) is 2.73. The highest BCUT2D eigenvalue weighted by atomic mass is 35.5. The first-order valence-corrected chi connectivity index (χ1v) is 14.0. The van der Waals surface area contributed by atoms with Crippen LogP contribution in [0, 0.1) is 0 Å². The summed E-state index contributed by atoms with van der Waals surface area (Å²) in [6.07, 6.45) is 0. The molecule has 0 aliphatic carbocycles. The van der Waals surface area contributed by atoms with Gasteiger partial charge < -0.3 is 18.9 Å². The lowest BCUT2D eigenvalue weighted by Crippen LogP contribution is -2.48. The summed E-state index contributed by atoms with van der Waals surface area (Å²) < 4.78 is 38.8. The fraction of sp³-hybridized carbons (Fsp3) is 0.333. The molecule has 1 aliphatic rings. The van der Waals surface area contributed by atoms with Crippen molar-refractivity contribution in [2.24, 2.45) is 12.2 Å². The maximum atomic E-state index is 14.1. The molecule has 3 heterocycles. The summed E-state index contributed by atoms with van der Waals surface area (Å²) >= 11 is 0. The molecule has 13 heteroatoms. The van der Waals surface area contributed by atoms with Crippen LogP contribution in [0.15, 0.2) is 53.4 Å². The lowest BCUT2D eigenvalue weighted by Gasteiger charge is -2.34. The summed E-state index contributed by atoms with van der Waals surface area (Å²) in [4.78, 5) is 23.9. The highest BCUT2D eigenvalue weighted by Crippen LogP contribution is 2.41. The zero-order valence-corrected chi connectivity index (χ0v) is 24.5. The number of amides is 1. The van der Waals surface area contributed by atoms with Crippen LogP contribution in [-0.4, -0.2) is 87.7 Å². The highest BCUT2D eigenvalue weighted by molar-refractivity contribution is 7.89. The fourth-order valence-electron chi connectivity index (χ4n) is 5.09. The van der Waals surface area contributed by atoms with Crippen LogP contribution >= 0.6 is 12.4 Å². The first-order valence-electron chi connectivity index (χ1n) is 12.5. The zero-order valence-electron chi connectivity index (χ0n) is 22.8. The third-order valence-corrected chi connectivity index (χ3v) is 8.14. The molecule has 11 nitrogen and oxygen atoms in total. The van der Waals surface area contributed by atoms with Crippen LogP contribution in [0.25, 0.3) is 21.8 Å². The number of rotatable bonds is 7. The second-order valence-corrected chi connectivity index (χ2v) is 11.2. The van der Waals surface area contributed by atoms with E-state index < -0.39 is 10.0 Å². The SMILES string of the molecule is COc1ccc(N(C(=O)CN2CCN(C)CC2)c2cc3c(cc2S(N)(=O)=O)c2ccccc2n3C)c(OC)n1.Cl. The molecular formula is C27H33ClN6O5S. The number of para-hydroxylation sites is 1. The molecule has 2 aromatic carbocycles. The minimum Gasteiger partial charge on any atom is -0.481 e. The first kappa shape index (κ1) is 29.6. The molecule has 214 valence electrons. The van der Waals surface area contributed by atoms with E-state index in [1.807, 2.05) is 47.8 Å². The Morgan fingerprint density at radius 1 is 0.950 bits per heavy atom. The molecule has 2 aromatic heterocycles. The van der Waals surface area contributed by atoms with Crippen LogP contribution < -0.4 is 19.5 Å². The second kappa shape index (κ2) is 11.6. The predicted molar refractivity (Wildman–Crippen MR) is 157 cm³/mol. The summed E-state index contributed by atoms with van der Waals surface area (Å²) in [5, 5.41) is 7.37. The van der Waals surface area contributed by atoms with Crippen molar-refractivity contribution in [3.8, 4) is 11.8 Å². The van der Waals surface area contributed by atoms with Crippen LogP contribution in [0.3, 0.4) is 0 Å². The average molecular weight is 589 g/mol. The Morgan fingerprint density at radius 2 is 1.65 bits per heavy atom. The highest BCUT2D eigenvalue weighted by Gasteiger charge is 2.31. The summed E-state index contributed by atoms with van der Waals surface area (Å²) in [6.45, 7) is 3.13. The number of aromatic nitrogens is 2. The minimum atomic E-state index is -4.25. The number of fused-ring (bicyclic) bond motifs is 3. The standard InChI is InChI=1S/C27H32N6O5S.ClH/c1-30-11-13-32(14-12-30)17-26(34)33(21-9-10-25(37-3)29-27(21)38-4)23-16-22-19(15-24(23)39(28,35)36)18-7-5-6-8-20(18)31(22)2;/h5-10,15-16H,11-14,17H2,1-4H3,(H2,28,35,36);1H. The molecule has 0 unspecified atom stereocenters. The van der Waals surface area contributed by atoms with Gasteiger partial charge in [0, 0.05) is 55.6 Å². The molecule has 1 saturated heterocycles. The Labute approximate surface area is 239 Å². The van der Waals surface area contributed by atoms with Gasteiger partial charge in [-0.15, -0.1) is 12.4 Å². The average Bonchev–Trinajstić information content (AvgIpc) is 3.20. The molecule has 2 N–H and O–H groups in total. The van der Waals surface area contributed by atoms with Crippen molar-refractivity contribution in [2.45, 2.75) is 4.90 Å². The van der Waals surface area contributed by atoms with E-state index in [1.54, 1.807) is 24.3 Å². The summed E-state index contributed by atoms with van der Waals surface area (Å²) in [5.41, 5.74) is 2.07. The molecule has 0 bridgehead atoms. The minimum absolute atomic E-state index is 0. The smallest absolute Gasteiger partial charge is 0.245 e. The third-order valence-electron chi connectivity index (χ3n) is 7.20. The molecule has 1 amide bonds. The van der Waals surface area contributed by atoms with E-state index in [0.29, 0.717) is 18.5 Å². The monoisotopic (exact) mass is 588 g/mol. The van der Waals surface area contributed by atoms with Gasteiger partial charge in [0.15, 0.2) is 0 Å². The van der Waals surface area contributed by atoms with Gasteiger partial charge in [-0.2, -0.15) is 4.98 Å². The number of methoxy groups -OCH3 is 2. The molecule has 0 radical (unpaired) electrons. The number of nitrogens with zero attached hydrogens (tertiary/aromatic N) is 5. The van der Waals surface area contributed by atoms with Crippen molar-refractivity contribution in [1.29, 1.82) is 0 Å². The number of benzene rings is 2. The van der Waals surface area contributed by atoms with Gasteiger partial charge >= 0.3 is 0 Å². The van der Waals surface area contributed by atoms with Crippen LogP contribution in [0.5, 0.6) is 11.8 Å². The van der Waals surface area contributed by atoms with Crippen molar-refractivity contribution in [3.05, 3.63) is 48.5 Å². The number of hydrogen-bond acceptors (Lipinski definition) is 8. The Kier molecular flexibility index (Phi) is 8.57. The summed E-state index contributed by atoms with van der Waals surface area (Å²) in [6, 6.07) is 14.2. The normalized spacial score (nSPS) is 14.7. The van der Waals surface area contributed by atoms with Crippen LogP contribution in [-0.2, 0) is 21.9 Å². The van der Waals surface area contributed by atoms with E-state index in [2.05, 4.69) is 9.88 Å². The van der Waals surface area contributed by atoms with Crippen molar-refractivity contribution in [2.75, 3.05) is 58.9 Å². The van der Waals surface area contributed by atoms with Gasteiger partial charge in [-0.05, 0) is 31.3 Å². The van der Waals surface area contributed by atoms with E-state index in [4.69, 9.17) is 14.6 Å². The van der Waals surface area contributed by atoms with Gasteiger partial charge in [0.1, 0.15) is 10.6 Å². The van der Waals surface area contributed by atoms with Crippen molar-refractivity contribution < 1.29 is 22.7 Å². The lowest BCUT2D eigenvalue weighted by atomic mass is 10.1. The summed E-state index contributed by atoms with van der Waals surface area (Å²) in [5.74, 6) is 0.0595. The number of likely N-dealkylation sites (N-methyl/N-ethyl adjacent to an activating group) is 1. The van der Waals surface area contributed by atoms with Crippen molar-refractivity contribution >= 4 is 61.5 Å². The quantitative estimate of drug-likeness (QED) is 0.350. The van der Waals surface area contributed by atoms with Gasteiger partial charge in [0.25, 0.3) is 0 Å². The number of aryl methyl sites for hydroxylation is 1. The van der Waals surface area contributed by atoms with Crippen molar-refractivity contribution in [1.82, 2.24) is 19.4 Å². The van der Waals surface area contributed by atoms with E-state index >= 15 is 0 Å². The van der Waals surface area contributed by atoms with E-state index in [0.717, 1.165) is 29.5 Å². The van der Waals surface area contributed by atoms with Crippen LogP contribution in [0.4, 0.5) is 11.4 Å². The molecule has 5 rings (SSSR count). The van der Waals surface area contributed by atoms with Crippen LogP contribution in [0.1, 0.15) is 0 Å². The number of piperazine rings is 1. The second-order valence-electron chi connectivity index (χ2n) is 9.65. The Hall–Kier alpha value is -3.42. The number of anilines is 2. The lowest BCUT2D eigenvalue weighted by molar-refractivity contribution is -0.119. The Bertz CT molecular complexity index is 1670. The topological polar surface area (TPSA) is 123 Å². The number of carbonyl (C=O) groups is 1. The molecular weight excluding hydrogens is 556 g/mol. The largest absolute Gasteiger partial charge is 0.481 e. The molecule has 4 aromatic rings. The van der Waals surface area contributed by atoms with Gasteiger partial charge in [0.2, 0.25) is 27.7 Å². The number of nitrogens with two attached hydrogens (primary N) is 1. The summed E-state index contributed by atoms with van der Waals surface area (Å²) in [7, 11) is 2.59. The number of hydrogen-bond donors (Lipinski definition) is 1. The number of carbonyl (C=O) groups excluding carboxylic acids is 1. The Balaban J connectivity index is 0.00000370. The van der Waals surface area contributed by atoms with Gasteiger partial charge in [-0.25, -0.2) is 13.6 Å². The number of halogens is 1. The Morgan fingerprint density at radius 3 is 2.30 bits per heavy atom. The number of pyridine rings is 1. The van der Waals surface area contributed by atoms with Gasteiger partial charge in [-0.3, -0.25) is 14.6 Å². The fourth-order valence-corrected chi connectivity index (χ4v) is 5.82. The first-order chi connectivity index (χ1) is 18.6.